The average Bonchev–Trinajstić information content (AvgIpc) is 2.45. The second-order valence-electron chi connectivity index (χ2n) is 5.18. The zero-order valence-electron chi connectivity index (χ0n) is 13.1. The molecule has 0 heterocycles. The van der Waals surface area contributed by atoms with E-state index in [1.165, 1.54) is 25.1 Å². The Labute approximate surface area is 130 Å². The van der Waals surface area contributed by atoms with E-state index in [0.717, 1.165) is 0 Å². The smallest absolute Gasteiger partial charge is 0.293 e. The second-order valence-corrected chi connectivity index (χ2v) is 7.57. The first kappa shape index (κ1) is 18.1. The molecule has 0 N–H and O–H groups in total. The Kier molecular flexibility index (Phi) is 5.65. The molecular weight excluding hydrogens is 308 g/mol. The molecule has 1 aromatic carbocycles. The topological polar surface area (TPSA) is 97.6 Å². The van der Waals surface area contributed by atoms with Gasteiger partial charge in [-0.25, -0.2) is 8.42 Å². The van der Waals surface area contributed by atoms with Crippen LogP contribution < -0.4 is 4.90 Å². The fourth-order valence-electron chi connectivity index (χ4n) is 2.02. The quantitative estimate of drug-likeness (QED) is 0.432. The van der Waals surface area contributed by atoms with E-state index in [9.17, 15) is 23.3 Å². The summed E-state index contributed by atoms with van der Waals surface area (Å²) < 4.78 is 23.4. The number of sulfone groups is 1. The molecule has 7 nitrogen and oxygen atoms in total. The summed E-state index contributed by atoms with van der Waals surface area (Å²) in [7, 11) is -1.59. The first-order chi connectivity index (χ1) is 10.1. The van der Waals surface area contributed by atoms with Gasteiger partial charge < -0.3 is 4.90 Å². The zero-order chi connectivity index (χ0) is 17.1. The molecule has 0 aliphatic rings. The molecule has 1 atom stereocenters. The second kappa shape index (κ2) is 6.87. The maximum absolute atomic E-state index is 11.7. The van der Waals surface area contributed by atoms with Crippen molar-refractivity contribution >= 4 is 27.0 Å². The predicted molar refractivity (Wildman–Crippen MR) is 85.3 cm³/mol. The van der Waals surface area contributed by atoms with Gasteiger partial charge >= 0.3 is 0 Å². The molecule has 0 saturated heterocycles. The maximum Gasteiger partial charge on any atom is 0.293 e. The van der Waals surface area contributed by atoms with E-state index in [2.05, 4.69) is 0 Å². The van der Waals surface area contributed by atoms with Crippen LogP contribution in [0.1, 0.15) is 31.1 Å². The standard InChI is InChI=1S/C14H20N2O5S/c1-5-22(20,21)9-10(2)15(4)13-7-6-12(11(3)17)8-14(13)16(18)19/h6-8,10H,5,9H2,1-4H3/t10-/m0/s1. The summed E-state index contributed by atoms with van der Waals surface area (Å²) in [5.41, 5.74) is 0.322. The van der Waals surface area contributed by atoms with Crippen LogP contribution in [0.15, 0.2) is 18.2 Å². The van der Waals surface area contributed by atoms with E-state index in [1.807, 2.05) is 0 Å². The lowest BCUT2D eigenvalue weighted by atomic mass is 10.1. The largest absolute Gasteiger partial charge is 0.365 e. The molecule has 0 amide bonds. The third-order valence-corrected chi connectivity index (χ3v) is 5.42. The van der Waals surface area contributed by atoms with E-state index in [0.29, 0.717) is 0 Å². The average molecular weight is 328 g/mol. The third-order valence-electron chi connectivity index (χ3n) is 3.55. The molecule has 0 aliphatic carbocycles. The van der Waals surface area contributed by atoms with Crippen molar-refractivity contribution in [3.8, 4) is 0 Å². The number of rotatable bonds is 7. The van der Waals surface area contributed by atoms with Gasteiger partial charge in [-0.15, -0.1) is 0 Å². The van der Waals surface area contributed by atoms with Gasteiger partial charge in [-0.3, -0.25) is 14.9 Å². The van der Waals surface area contributed by atoms with Crippen LogP contribution in [0, 0.1) is 10.1 Å². The van der Waals surface area contributed by atoms with Gasteiger partial charge in [-0.1, -0.05) is 6.92 Å². The van der Waals surface area contributed by atoms with Gasteiger partial charge in [-0.05, 0) is 26.0 Å². The summed E-state index contributed by atoms with van der Waals surface area (Å²) in [5.74, 6) is -0.332. The van der Waals surface area contributed by atoms with Crippen LogP contribution in [0.4, 0.5) is 11.4 Å². The van der Waals surface area contributed by atoms with E-state index >= 15 is 0 Å². The van der Waals surface area contributed by atoms with Gasteiger partial charge in [0.2, 0.25) is 0 Å². The molecule has 0 fully saturated rings. The monoisotopic (exact) mass is 328 g/mol. The molecule has 1 aromatic rings. The Morgan fingerprint density at radius 3 is 2.45 bits per heavy atom. The fourth-order valence-corrected chi connectivity index (χ4v) is 3.22. The van der Waals surface area contributed by atoms with Gasteiger partial charge in [0, 0.05) is 30.5 Å². The van der Waals surface area contributed by atoms with Crippen molar-refractivity contribution in [2.75, 3.05) is 23.5 Å². The summed E-state index contributed by atoms with van der Waals surface area (Å²) in [6, 6.07) is 3.77. The number of nitro benzene ring substituents is 1. The summed E-state index contributed by atoms with van der Waals surface area (Å²) in [6.45, 7) is 4.58. The van der Waals surface area contributed by atoms with Crippen LogP contribution in [-0.2, 0) is 9.84 Å². The number of carbonyl (C=O) groups is 1. The predicted octanol–water partition coefficient (Wildman–Crippen LogP) is 2.06. The number of hydrogen-bond acceptors (Lipinski definition) is 6. The molecule has 0 aliphatic heterocycles. The zero-order valence-corrected chi connectivity index (χ0v) is 13.9. The number of ketones is 1. The van der Waals surface area contributed by atoms with Gasteiger partial charge in [0.25, 0.3) is 5.69 Å². The Bertz CT molecular complexity index is 684. The van der Waals surface area contributed by atoms with E-state index in [-0.39, 0.29) is 34.2 Å². The molecule has 1 rings (SSSR count). The number of carbonyl (C=O) groups excluding carboxylic acids is 1. The maximum atomic E-state index is 11.7. The molecule has 22 heavy (non-hydrogen) atoms. The first-order valence-corrected chi connectivity index (χ1v) is 8.63. The Hall–Kier alpha value is -1.96. The number of hydrogen-bond donors (Lipinski definition) is 0. The Morgan fingerprint density at radius 2 is 2.00 bits per heavy atom. The molecule has 0 spiro atoms. The lowest BCUT2D eigenvalue weighted by Crippen LogP contribution is -2.36. The van der Waals surface area contributed by atoms with Gasteiger partial charge in [0.05, 0.1) is 10.7 Å². The third kappa shape index (κ3) is 4.27. The number of anilines is 1. The summed E-state index contributed by atoms with van der Waals surface area (Å²) in [6.07, 6.45) is 0. The summed E-state index contributed by atoms with van der Waals surface area (Å²) >= 11 is 0. The normalized spacial score (nSPS) is 12.7. The summed E-state index contributed by atoms with van der Waals surface area (Å²) in [5, 5.41) is 11.2. The molecule has 0 saturated carbocycles. The van der Waals surface area contributed by atoms with Crippen molar-refractivity contribution in [3.63, 3.8) is 0 Å². The number of benzene rings is 1. The SMILES string of the molecule is CCS(=O)(=O)C[C@H](C)N(C)c1ccc(C(C)=O)cc1[N+](=O)[O-]. The lowest BCUT2D eigenvalue weighted by Gasteiger charge is -2.26. The van der Waals surface area contributed by atoms with Crippen molar-refractivity contribution in [2.45, 2.75) is 26.8 Å². The minimum absolute atomic E-state index is 0.0244. The Morgan fingerprint density at radius 1 is 1.41 bits per heavy atom. The number of nitrogens with zero attached hydrogens (tertiary/aromatic N) is 2. The van der Waals surface area contributed by atoms with Crippen molar-refractivity contribution in [1.82, 2.24) is 0 Å². The van der Waals surface area contributed by atoms with Crippen LogP contribution in [0.2, 0.25) is 0 Å². The van der Waals surface area contributed by atoms with E-state index in [1.54, 1.807) is 25.8 Å². The highest BCUT2D eigenvalue weighted by Crippen LogP contribution is 2.30. The van der Waals surface area contributed by atoms with E-state index in [4.69, 9.17) is 0 Å². The fraction of sp³-hybridized carbons (Fsp3) is 0.500. The minimum atomic E-state index is -3.19. The van der Waals surface area contributed by atoms with Gasteiger partial charge in [0.15, 0.2) is 15.6 Å². The van der Waals surface area contributed by atoms with Crippen LogP contribution in [0.5, 0.6) is 0 Å². The van der Waals surface area contributed by atoms with Gasteiger partial charge in [-0.2, -0.15) is 0 Å². The molecule has 0 aromatic heterocycles. The Balaban J connectivity index is 3.19. The minimum Gasteiger partial charge on any atom is -0.365 e. The van der Waals surface area contributed by atoms with Crippen LogP contribution >= 0.6 is 0 Å². The highest BCUT2D eigenvalue weighted by molar-refractivity contribution is 7.91. The van der Waals surface area contributed by atoms with Crippen LogP contribution in [0.25, 0.3) is 0 Å². The highest BCUT2D eigenvalue weighted by atomic mass is 32.2. The first-order valence-electron chi connectivity index (χ1n) is 6.81. The van der Waals surface area contributed by atoms with Crippen LogP contribution in [0.3, 0.4) is 0 Å². The van der Waals surface area contributed by atoms with Crippen molar-refractivity contribution in [3.05, 3.63) is 33.9 Å². The number of nitro groups is 1. The molecule has 0 bridgehead atoms. The van der Waals surface area contributed by atoms with Crippen LogP contribution in [-0.4, -0.2) is 43.7 Å². The lowest BCUT2D eigenvalue weighted by molar-refractivity contribution is -0.384. The van der Waals surface area contributed by atoms with Crippen molar-refractivity contribution < 1.29 is 18.1 Å². The highest BCUT2D eigenvalue weighted by Gasteiger charge is 2.24. The molecule has 0 radical (unpaired) electrons. The van der Waals surface area contributed by atoms with E-state index < -0.39 is 20.8 Å². The van der Waals surface area contributed by atoms with Gasteiger partial charge in [0.1, 0.15) is 5.69 Å². The van der Waals surface area contributed by atoms with Crippen molar-refractivity contribution in [2.24, 2.45) is 0 Å². The summed E-state index contributed by atoms with van der Waals surface area (Å²) in [4.78, 5) is 23.5. The number of Topliss-reactive ketones (excluding diaryl/α,β-unsaturated/α-hetero) is 1. The molecule has 0 unspecified atom stereocenters. The molecule has 122 valence electrons. The van der Waals surface area contributed by atoms with Crippen molar-refractivity contribution in [1.29, 1.82) is 0 Å². The molecular formula is C14H20N2O5S. The molecule has 8 heteroatoms.